The van der Waals surface area contributed by atoms with Gasteiger partial charge in [0.05, 0.1) is 12.6 Å². The summed E-state index contributed by atoms with van der Waals surface area (Å²) in [6, 6.07) is 8.73. The molecule has 6 nitrogen and oxygen atoms in total. The number of benzene rings is 1. The van der Waals surface area contributed by atoms with Gasteiger partial charge in [0.25, 0.3) is 0 Å². The Labute approximate surface area is 136 Å². The first-order chi connectivity index (χ1) is 10.8. The van der Waals surface area contributed by atoms with Crippen LogP contribution in [0.2, 0.25) is 0 Å². The predicted octanol–water partition coefficient (Wildman–Crippen LogP) is 2.40. The number of aliphatic hydroxyl groups is 1. The summed E-state index contributed by atoms with van der Waals surface area (Å²) in [7, 11) is 0. The van der Waals surface area contributed by atoms with Gasteiger partial charge in [-0.05, 0) is 32.8 Å². The Bertz CT molecular complexity index is 495. The molecule has 0 bridgehead atoms. The second-order valence-electron chi connectivity index (χ2n) is 6.21. The molecule has 0 radical (unpaired) electrons. The predicted molar refractivity (Wildman–Crippen MR) is 85.7 cm³/mol. The summed E-state index contributed by atoms with van der Waals surface area (Å²) in [6.45, 7) is 5.23. The number of carbonyl (C=O) groups is 2. The molecular weight excluding hydrogens is 298 g/mol. The molecule has 1 rings (SSSR count). The molecule has 1 aromatic rings. The Hall–Kier alpha value is -2.08. The van der Waals surface area contributed by atoms with Crippen LogP contribution in [0.3, 0.4) is 0 Å². The zero-order valence-corrected chi connectivity index (χ0v) is 13.9. The minimum absolute atomic E-state index is 0.113. The number of nitrogens with one attached hydrogen (secondary N) is 1. The molecule has 0 aliphatic heterocycles. The molecule has 0 aromatic heterocycles. The molecule has 6 heteroatoms. The molecule has 23 heavy (non-hydrogen) atoms. The zero-order valence-electron chi connectivity index (χ0n) is 13.9. The fraction of sp³-hybridized carbons (Fsp3) is 0.529. The molecule has 1 aromatic carbocycles. The molecule has 0 heterocycles. The summed E-state index contributed by atoms with van der Waals surface area (Å²) >= 11 is 0. The topological polar surface area (TPSA) is 84.9 Å². The van der Waals surface area contributed by atoms with Crippen LogP contribution in [-0.2, 0) is 20.9 Å². The molecule has 0 saturated heterocycles. The van der Waals surface area contributed by atoms with Gasteiger partial charge >= 0.3 is 12.1 Å². The molecule has 1 atom stereocenters. The van der Waals surface area contributed by atoms with Crippen molar-refractivity contribution in [2.75, 3.05) is 6.61 Å². The van der Waals surface area contributed by atoms with Crippen LogP contribution in [0.25, 0.3) is 0 Å². The van der Waals surface area contributed by atoms with Crippen molar-refractivity contribution >= 4 is 12.1 Å². The van der Waals surface area contributed by atoms with Crippen molar-refractivity contribution in [3.8, 4) is 0 Å². The Morgan fingerprint density at radius 3 is 2.43 bits per heavy atom. The van der Waals surface area contributed by atoms with E-state index in [4.69, 9.17) is 9.47 Å². The molecule has 2 N–H and O–H groups in total. The van der Waals surface area contributed by atoms with Crippen LogP contribution < -0.4 is 5.32 Å². The van der Waals surface area contributed by atoms with E-state index in [9.17, 15) is 14.7 Å². The van der Waals surface area contributed by atoms with E-state index in [0.29, 0.717) is 0 Å². The van der Waals surface area contributed by atoms with Crippen molar-refractivity contribution in [2.24, 2.45) is 0 Å². The third-order valence-electron chi connectivity index (χ3n) is 2.87. The summed E-state index contributed by atoms with van der Waals surface area (Å²) < 4.78 is 10.2. The number of esters is 1. The van der Waals surface area contributed by atoms with E-state index in [1.54, 1.807) is 20.8 Å². The summed E-state index contributed by atoms with van der Waals surface area (Å²) in [5.41, 5.74) is 0.324. The molecule has 0 saturated carbocycles. The number of ether oxygens (including phenoxy) is 2. The van der Waals surface area contributed by atoms with E-state index < -0.39 is 17.7 Å². The van der Waals surface area contributed by atoms with Crippen molar-refractivity contribution in [2.45, 2.75) is 51.9 Å². The maximum Gasteiger partial charge on any atom is 0.407 e. The lowest BCUT2D eigenvalue weighted by atomic mass is 10.1. The van der Waals surface area contributed by atoms with Gasteiger partial charge in [-0.15, -0.1) is 0 Å². The Kier molecular flexibility index (Phi) is 7.54. The van der Waals surface area contributed by atoms with Gasteiger partial charge in [-0.2, -0.15) is 0 Å². The summed E-state index contributed by atoms with van der Waals surface area (Å²) in [5.74, 6) is -0.365. The molecule has 0 spiro atoms. The number of rotatable bonds is 7. The Morgan fingerprint density at radius 1 is 1.22 bits per heavy atom. The Balaban J connectivity index is 2.32. The van der Waals surface area contributed by atoms with E-state index >= 15 is 0 Å². The number of amides is 1. The highest BCUT2D eigenvalue weighted by atomic mass is 16.6. The van der Waals surface area contributed by atoms with Crippen molar-refractivity contribution in [3.05, 3.63) is 35.9 Å². The van der Waals surface area contributed by atoms with Crippen LogP contribution >= 0.6 is 0 Å². The summed E-state index contributed by atoms with van der Waals surface area (Å²) in [5, 5.41) is 11.8. The number of carbonyl (C=O) groups excluding carboxylic acids is 2. The largest absolute Gasteiger partial charge is 0.460 e. The number of hydrogen-bond acceptors (Lipinski definition) is 5. The van der Waals surface area contributed by atoms with Gasteiger partial charge in [0, 0.05) is 6.42 Å². The number of alkyl carbamates (subject to hydrolysis) is 1. The first-order valence-electron chi connectivity index (χ1n) is 7.60. The highest BCUT2D eigenvalue weighted by molar-refractivity contribution is 5.70. The van der Waals surface area contributed by atoms with Crippen molar-refractivity contribution in [3.63, 3.8) is 0 Å². The lowest BCUT2D eigenvalue weighted by Gasteiger charge is -2.21. The van der Waals surface area contributed by atoms with Gasteiger partial charge in [0.1, 0.15) is 12.2 Å². The average Bonchev–Trinajstić information content (AvgIpc) is 2.48. The van der Waals surface area contributed by atoms with Crippen LogP contribution in [0.5, 0.6) is 0 Å². The van der Waals surface area contributed by atoms with Crippen LogP contribution in [0.4, 0.5) is 4.79 Å². The molecule has 0 unspecified atom stereocenters. The molecule has 0 aliphatic rings. The minimum Gasteiger partial charge on any atom is -0.460 e. The lowest BCUT2D eigenvalue weighted by Crippen LogP contribution is -2.38. The second-order valence-corrected chi connectivity index (χ2v) is 6.21. The van der Waals surface area contributed by atoms with E-state index in [1.807, 2.05) is 30.3 Å². The van der Waals surface area contributed by atoms with E-state index in [1.165, 1.54) is 0 Å². The first kappa shape index (κ1) is 19.0. The smallest absolute Gasteiger partial charge is 0.407 e. The third-order valence-corrected chi connectivity index (χ3v) is 2.87. The monoisotopic (exact) mass is 323 g/mol. The highest BCUT2D eigenvalue weighted by Crippen LogP contribution is 2.10. The lowest BCUT2D eigenvalue weighted by molar-refractivity contribution is -0.155. The van der Waals surface area contributed by atoms with Gasteiger partial charge in [-0.25, -0.2) is 4.79 Å². The minimum atomic E-state index is -0.628. The van der Waals surface area contributed by atoms with Crippen molar-refractivity contribution < 1.29 is 24.2 Å². The van der Waals surface area contributed by atoms with Gasteiger partial charge in [-0.1, -0.05) is 30.3 Å². The molecule has 1 amide bonds. The standard InChI is InChI=1S/C17H25NO5/c1-17(2,3)23-15(20)10-9-14(11-19)18-16(21)22-12-13-7-5-4-6-8-13/h4-8,14,19H,9-12H2,1-3H3,(H,18,21)/t14-/m0/s1. The number of aliphatic hydroxyl groups excluding tert-OH is 1. The highest BCUT2D eigenvalue weighted by Gasteiger charge is 2.19. The van der Waals surface area contributed by atoms with Gasteiger partial charge < -0.3 is 19.9 Å². The molecule has 0 aliphatic carbocycles. The normalized spacial score (nSPS) is 12.3. The second kappa shape index (κ2) is 9.15. The fourth-order valence-corrected chi connectivity index (χ4v) is 1.83. The van der Waals surface area contributed by atoms with Gasteiger partial charge in [-0.3, -0.25) is 4.79 Å². The van der Waals surface area contributed by atoms with Crippen LogP contribution in [0.15, 0.2) is 30.3 Å². The van der Waals surface area contributed by atoms with E-state index in [-0.39, 0.29) is 32.0 Å². The quantitative estimate of drug-likeness (QED) is 0.753. The first-order valence-corrected chi connectivity index (χ1v) is 7.60. The maximum atomic E-state index is 11.7. The van der Waals surface area contributed by atoms with Crippen LogP contribution in [-0.4, -0.2) is 35.4 Å². The number of hydrogen-bond donors (Lipinski definition) is 2. The third kappa shape index (κ3) is 8.83. The molecular formula is C17H25NO5. The van der Waals surface area contributed by atoms with Gasteiger partial charge in [0.15, 0.2) is 0 Å². The van der Waals surface area contributed by atoms with E-state index in [2.05, 4.69) is 5.32 Å². The molecule has 128 valence electrons. The zero-order chi connectivity index (χ0) is 17.3. The maximum absolute atomic E-state index is 11.7. The summed E-state index contributed by atoms with van der Waals surface area (Å²) in [6.07, 6.45) is -0.232. The summed E-state index contributed by atoms with van der Waals surface area (Å²) in [4.78, 5) is 23.3. The van der Waals surface area contributed by atoms with Crippen molar-refractivity contribution in [1.82, 2.24) is 5.32 Å². The average molecular weight is 323 g/mol. The SMILES string of the molecule is CC(C)(C)OC(=O)CC[C@@H](CO)NC(=O)OCc1ccccc1. The van der Waals surface area contributed by atoms with E-state index in [0.717, 1.165) is 5.56 Å². The fourth-order valence-electron chi connectivity index (χ4n) is 1.83. The van der Waals surface area contributed by atoms with Gasteiger partial charge in [0.2, 0.25) is 0 Å². The van der Waals surface area contributed by atoms with Crippen molar-refractivity contribution in [1.29, 1.82) is 0 Å². The van der Waals surface area contributed by atoms with Crippen LogP contribution in [0.1, 0.15) is 39.2 Å². The Morgan fingerprint density at radius 2 is 1.87 bits per heavy atom. The van der Waals surface area contributed by atoms with Crippen LogP contribution in [0, 0.1) is 0 Å². The molecule has 0 fully saturated rings.